The van der Waals surface area contributed by atoms with Crippen LogP contribution in [0.5, 0.6) is 17.2 Å². The van der Waals surface area contributed by atoms with E-state index in [1.165, 1.54) is 6.07 Å². The van der Waals surface area contributed by atoms with Gasteiger partial charge in [-0.05, 0) is 18.2 Å². The van der Waals surface area contributed by atoms with Crippen LogP contribution in [-0.4, -0.2) is 41.7 Å². The molecular weight excluding hydrogens is 406 g/mol. The van der Waals surface area contributed by atoms with Gasteiger partial charge in [0.2, 0.25) is 0 Å². The second kappa shape index (κ2) is 9.02. The van der Waals surface area contributed by atoms with Crippen molar-refractivity contribution in [3.63, 3.8) is 0 Å². The molecule has 0 unspecified atom stereocenters. The number of benzene rings is 2. The fourth-order valence-corrected chi connectivity index (χ4v) is 2.70. The molecule has 2 heterocycles. The number of methoxy groups -OCH3 is 1. The lowest BCUT2D eigenvalue weighted by molar-refractivity contribution is 0.172. The molecule has 0 radical (unpaired) electrons. The number of amides is 1. The summed E-state index contributed by atoms with van der Waals surface area (Å²) < 4.78 is 20.6. The zero-order chi connectivity index (χ0) is 20.8. The number of aromatic amines is 1. The molecule has 3 N–H and O–H groups in total. The first-order valence-corrected chi connectivity index (χ1v) is 8.64. The van der Waals surface area contributed by atoms with Crippen molar-refractivity contribution in [3.05, 3.63) is 52.0 Å². The number of hydrogen-bond donors (Lipinski definition) is 3. The van der Waals surface area contributed by atoms with Crippen LogP contribution >= 0.6 is 11.6 Å². The molecule has 29 heavy (non-hydrogen) atoms. The number of anilines is 1. The van der Waals surface area contributed by atoms with Gasteiger partial charge in [-0.1, -0.05) is 29.8 Å². The van der Waals surface area contributed by atoms with Crippen molar-refractivity contribution < 1.29 is 28.5 Å². The van der Waals surface area contributed by atoms with Gasteiger partial charge in [0.05, 0.1) is 17.7 Å². The Morgan fingerprint density at radius 3 is 2.48 bits per heavy atom. The fourth-order valence-electron chi connectivity index (χ4n) is 2.46. The SMILES string of the molecule is COc1ccccc1.O=C(O)Nc1c(Cl)cc(-c2n[nH]c(=O)o2)c2c1OCCO2. The van der Waals surface area contributed by atoms with Crippen molar-refractivity contribution in [3.8, 4) is 28.7 Å². The van der Waals surface area contributed by atoms with Crippen LogP contribution in [0, 0.1) is 0 Å². The number of para-hydroxylation sites is 1. The number of ether oxygens (including phenoxy) is 3. The number of halogens is 1. The molecule has 1 aromatic heterocycles. The van der Waals surface area contributed by atoms with Crippen LogP contribution in [0.3, 0.4) is 0 Å². The van der Waals surface area contributed by atoms with E-state index in [-0.39, 0.29) is 46.9 Å². The molecule has 10 nitrogen and oxygen atoms in total. The van der Waals surface area contributed by atoms with Gasteiger partial charge in [-0.15, -0.1) is 5.10 Å². The van der Waals surface area contributed by atoms with E-state index in [4.69, 9.17) is 35.3 Å². The summed E-state index contributed by atoms with van der Waals surface area (Å²) in [6, 6.07) is 11.1. The highest BCUT2D eigenvalue weighted by Crippen LogP contribution is 2.48. The van der Waals surface area contributed by atoms with Crippen LogP contribution in [0.2, 0.25) is 5.02 Å². The molecule has 3 aromatic rings. The summed E-state index contributed by atoms with van der Waals surface area (Å²) in [6.07, 6.45) is -1.30. The Bertz CT molecular complexity index is 1050. The first-order valence-electron chi connectivity index (χ1n) is 8.26. The van der Waals surface area contributed by atoms with E-state index < -0.39 is 11.8 Å². The first-order chi connectivity index (χ1) is 14.0. The lowest BCUT2D eigenvalue weighted by Crippen LogP contribution is -2.19. The molecule has 152 valence electrons. The van der Waals surface area contributed by atoms with E-state index in [0.29, 0.717) is 0 Å². The van der Waals surface area contributed by atoms with E-state index in [2.05, 4.69) is 15.5 Å². The number of fused-ring (bicyclic) bond motifs is 1. The second-order valence-corrected chi connectivity index (χ2v) is 5.91. The standard InChI is InChI=1S/C11H8ClN3O6.C7H8O/c12-5-3-4(9-14-15-11(18)21-9)7-8(20-2-1-19-7)6(5)13-10(16)17;1-8-7-5-3-2-4-6-7/h3,13H,1-2H2,(H,15,18)(H,16,17);2-6H,1H3. The third kappa shape index (κ3) is 4.79. The van der Waals surface area contributed by atoms with Crippen LogP contribution in [0.4, 0.5) is 10.5 Å². The van der Waals surface area contributed by atoms with E-state index in [1.54, 1.807) is 7.11 Å². The molecule has 4 rings (SSSR count). The Morgan fingerprint density at radius 2 is 1.93 bits per heavy atom. The Hall–Kier alpha value is -3.66. The maximum Gasteiger partial charge on any atom is 0.434 e. The number of rotatable bonds is 3. The molecule has 2 aromatic carbocycles. The Kier molecular flexibility index (Phi) is 6.25. The molecule has 0 saturated carbocycles. The Labute approximate surface area is 169 Å². The fraction of sp³-hybridized carbons (Fsp3) is 0.167. The number of carboxylic acid groups (broad SMARTS) is 1. The first kappa shape index (κ1) is 20.1. The quantitative estimate of drug-likeness (QED) is 0.586. The molecule has 0 bridgehead atoms. The van der Waals surface area contributed by atoms with Gasteiger partial charge in [0.1, 0.15) is 24.7 Å². The van der Waals surface area contributed by atoms with Crippen molar-refractivity contribution in [2.24, 2.45) is 0 Å². The monoisotopic (exact) mass is 421 g/mol. The summed E-state index contributed by atoms with van der Waals surface area (Å²) in [5.74, 6) is 0.457. The summed E-state index contributed by atoms with van der Waals surface area (Å²) in [5.41, 5.74) is 0.337. The summed E-state index contributed by atoms with van der Waals surface area (Å²) in [4.78, 5) is 21.9. The number of carbonyl (C=O) groups is 1. The number of aromatic nitrogens is 2. The molecule has 0 atom stereocenters. The van der Waals surface area contributed by atoms with E-state index in [1.807, 2.05) is 30.3 Å². The van der Waals surface area contributed by atoms with Gasteiger partial charge in [-0.2, -0.15) is 0 Å². The molecule has 1 aliphatic heterocycles. The molecule has 1 aliphatic rings. The van der Waals surface area contributed by atoms with E-state index in [9.17, 15) is 9.59 Å². The van der Waals surface area contributed by atoms with Gasteiger partial charge in [0.25, 0.3) is 5.89 Å². The molecule has 11 heteroatoms. The van der Waals surface area contributed by atoms with Crippen molar-refractivity contribution in [2.45, 2.75) is 0 Å². The predicted octanol–water partition coefficient (Wildman–Crippen LogP) is 3.24. The molecule has 1 amide bonds. The molecule has 0 spiro atoms. The molecule has 0 aliphatic carbocycles. The highest BCUT2D eigenvalue weighted by atomic mass is 35.5. The zero-order valence-electron chi connectivity index (χ0n) is 15.1. The van der Waals surface area contributed by atoms with Gasteiger partial charge >= 0.3 is 11.8 Å². The maximum atomic E-state index is 11.0. The van der Waals surface area contributed by atoms with Crippen LogP contribution < -0.4 is 25.3 Å². The Balaban J connectivity index is 0.000000252. The van der Waals surface area contributed by atoms with E-state index in [0.717, 1.165) is 5.75 Å². The smallest absolute Gasteiger partial charge is 0.434 e. The molecule has 0 saturated heterocycles. The largest absolute Gasteiger partial charge is 0.497 e. The second-order valence-electron chi connectivity index (χ2n) is 5.50. The summed E-state index contributed by atoms with van der Waals surface area (Å²) in [5, 5.41) is 16.9. The van der Waals surface area contributed by atoms with Gasteiger partial charge in [-0.3, -0.25) is 5.32 Å². The van der Waals surface area contributed by atoms with Crippen LogP contribution in [0.15, 0.2) is 45.6 Å². The van der Waals surface area contributed by atoms with Crippen molar-refractivity contribution in [2.75, 3.05) is 25.6 Å². The number of nitrogens with zero attached hydrogens (tertiary/aromatic N) is 1. The summed E-state index contributed by atoms with van der Waals surface area (Å²) in [7, 11) is 1.66. The summed E-state index contributed by atoms with van der Waals surface area (Å²) >= 11 is 6.05. The third-order valence-electron chi connectivity index (χ3n) is 3.64. The number of nitrogens with one attached hydrogen (secondary N) is 2. The van der Waals surface area contributed by atoms with Gasteiger partial charge in [0, 0.05) is 0 Å². The van der Waals surface area contributed by atoms with E-state index >= 15 is 0 Å². The van der Waals surface area contributed by atoms with Crippen molar-refractivity contribution in [1.82, 2.24) is 10.2 Å². The molecular formula is C18H16ClN3O7. The third-order valence-corrected chi connectivity index (χ3v) is 3.94. The average molecular weight is 422 g/mol. The summed E-state index contributed by atoms with van der Waals surface area (Å²) in [6.45, 7) is 0.481. The predicted molar refractivity (Wildman–Crippen MR) is 103 cm³/mol. The number of H-pyrrole nitrogens is 1. The van der Waals surface area contributed by atoms with Gasteiger partial charge < -0.3 is 23.7 Å². The van der Waals surface area contributed by atoms with Crippen molar-refractivity contribution in [1.29, 1.82) is 0 Å². The highest BCUT2D eigenvalue weighted by Gasteiger charge is 2.27. The number of hydrogen-bond acceptors (Lipinski definition) is 7. The van der Waals surface area contributed by atoms with Gasteiger partial charge in [-0.25, -0.2) is 14.7 Å². The minimum absolute atomic E-state index is 0.0366. The highest BCUT2D eigenvalue weighted by molar-refractivity contribution is 6.34. The lowest BCUT2D eigenvalue weighted by Gasteiger charge is -2.23. The minimum Gasteiger partial charge on any atom is -0.497 e. The minimum atomic E-state index is -1.30. The normalized spacial score (nSPS) is 11.8. The van der Waals surface area contributed by atoms with Crippen LogP contribution in [0.25, 0.3) is 11.5 Å². The zero-order valence-corrected chi connectivity index (χ0v) is 15.9. The van der Waals surface area contributed by atoms with Crippen LogP contribution in [0.1, 0.15) is 0 Å². The topological polar surface area (TPSA) is 136 Å². The van der Waals surface area contributed by atoms with Crippen LogP contribution in [-0.2, 0) is 0 Å². The lowest BCUT2D eigenvalue weighted by atomic mass is 10.1. The van der Waals surface area contributed by atoms with Crippen molar-refractivity contribution >= 4 is 23.4 Å². The Morgan fingerprint density at radius 1 is 1.24 bits per heavy atom. The average Bonchev–Trinajstić information content (AvgIpc) is 3.17. The maximum absolute atomic E-state index is 11.0. The molecule has 0 fully saturated rings. The van der Waals surface area contributed by atoms with Gasteiger partial charge in [0.15, 0.2) is 11.5 Å².